The van der Waals surface area contributed by atoms with Crippen LogP contribution in [0.25, 0.3) is 0 Å². The van der Waals surface area contributed by atoms with Crippen molar-refractivity contribution >= 4 is 5.91 Å². The lowest BCUT2D eigenvalue weighted by molar-refractivity contribution is -0.118. The number of carbonyl (C=O) groups is 1. The van der Waals surface area contributed by atoms with Crippen LogP contribution in [0, 0.1) is 5.82 Å². The minimum atomic E-state index is -0.715. The van der Waals surface area contributed by atoms with E-state index >= 15 is 0 Å². The molecule has 118 valence electrons. The Morgan fingerprint density at radius 1 is 1.38 bits per heavy atom. The number of nitrogens with one attached hydrogen (secondary N) is 2. The SMILES string of the molecule is COc1ccc(C(O)CCNCCCNC(C)=O)cc1F. The van der Waals surface area contributed by atoms with Gasteiger partial charge in [0.1, 0.15) is 0 Å². The summed E-state index contributed by atoms with van der Waals surface area (Å²) in [5.74, 6) is -0.341. The molecule has 1 atom stereocenters. The molecule has 0 heterocycles. The fourth-order valence-corrected chi connectivity index (χ4v) is 1.90. The largest absolute Gasteiger partial charge is 0.494 e. The molecule has 0 bridgehead atoms. The fraction of sp³-hybridized carbons (Fsp3) is 0.533. The summed E-state index contributed by atoms with van der Waals surface area (Å²) >= 11 is 0. The number of carbonyl (C=O) groups excluding carboxylic acids is 1. The van der Waals surface area contributed by atoms with Crippen molar-refractivity contribution < 1.29 is 19.0 Å². The average molecular weight is 298 g/mol. The molecule has 0 saturated heterocycles. The molecular weight excluding hydrogens is 275 g/mol. The Morgan fingerprint density at radius 2 is 2.14 bits per heavy atom. The number of amides is 1. The van der Waals surface area contributed by atoms with Crippen molar-refractivity contribution in [1.29, 1.82) is 0 Å². The standard InChI is InChI=1S/C15H23FN2O3/c1-11(19)18-8-3-7-17-9-6-14(20)12-4-5-15(21-2)13(16)10-12/h4-5,10,14,17,20H,3,6-9H2,1-2H3,(H,18,19). The summed E-state index contributed by atoms with van der Waals surface area (Å²) in [6.07, 6.45) is 0.604. The molecule has 0 aliphatic carbocycles. The number of hydrogen-bond donors (Lipinski definition) is 3. The van der Waals surface area contributed by atoms with Gasteiger partial charge in [-0.2, -0.15) is 0 Å². The maximum atomic E-state index is 13.5. The zero-order valence-corrected chi connectivity index (χ0v) is 12.5. The second kappa shape index (κ2) is 9.31. The van der Waals surface area contributed by atoms with Gasteiger partial charge in [-0.3, -0.25) is 4.79 Å². The van der Waals surface area contributed by atoms with Crippen LogP contribution in [0.15, 0.2) is 18.2 Å². The molecule has 0 saturated carbocycles. The number of rotatable bonds is 9. The van der Waals surface area contributed by atoms with Crippen LogP contribution in [-0.2, 0) is 4.79 Å². The van der Waals surface area contributed by atoms with Crippen molar-refractivity contribution in [2.45, 2.75) is 25.9 Å². The average Bonchev–Trinajstić information content (AvgIpc) is 2.45. The summed E-state index contributed by atoms with van der Waals surface area (Å²) in [6.45, 7) is 3.49. The monoisotopic (exact) mass is 298 g/mol. The first-order chi connectivity index (χ1) is 10.0. The van der Waals surface area contributed by atoms with E-state index in [1.54, 1.807) is 6.07 Å². The Bertz CT molecular complexity index is 455. The van der Waals surface area contributed by atoms with Crippen molar-refractivity contribution in [2.75, 3.05) is 26.7 Å². The maximum absolute atomic E-state index is 13.5. The van der Waals surface area contributed by atoms with E-state index in [4.69, 9.17) is 4.74 Å². The minimum absolute atomic E-state index is 0.0352. The van der Waals surface area contributed by atoms with Crippen LogP contribution in [0.1, 0.15) is 31.4 Å². The van der Waals surface area contributed by atoms with Gasteiger partial charge < -0.3 is 20.5 Å². The van der Waals surface area contributed by atoms with Crippen LogP contribution in [0.4, 0.5) is 4.39 Å². The van der Waals surface area contributed by atoms with Crippen molar-refractivity contribution in [2.24, 2.45) is 0 Å². The Morgan fingerprint density at radius 3 is 2.76 bits per heavy atom. The van der Waals surface area contributed by atoms with Crippen molar-refractivity contribution in [3.05, 3.63) is 29.6 Å². The third-order valence-electron chi connectivity index (χ3n) is 3.06. The molecule has 0 radical (unpaired) electrons. The molecule has 1 unspecified atom stereocenters. The van der Waals surface area contributed by atoms with Gasteiger partial charge >= 0.3 is 0 Å². The zero-order chi connectivity index (χ0) is 15.7. The molecule has 0 aromatic heterocycles. The summed E-state index contributed by atoms with van der Waals surface area (Å²) in [6, 6.07) is 4.46. The highest BCUT2D eigenvalue weighted by Gasteiger charge is 2.10. The van der Waals surface area contributed by atoms with Gasteiger partial charge in [0.15, 0.2) is 11.6 Å². The second-order valence-electron chi connectivity index (χ2n) is 4.78. The van der Waals surface area contributed by atoms with Gasteiger partial charge in [-0.05, 0) is 43.6 Å². The molecule has 0 aliphatic heterocycles. The smallest absolute Gasteiger partial charge is 0.216 e. The molecule has 0 fully saturated rings. The Hall–Kier alpha value is -1.66. The lowest BCUT2D eigenvalue weighted by Gasteiger charge is -2.13. The van der Waals surface area contributed by atoms with Gasteiger partial charge in [-0.25, -0.2) is 4.39 Å². The minimum Gasteiger partial charge on any atom is -0.494 e. The van der Waals surface area contributed by atoms with E-state index in [0.29, 0.717) is 25.1 Å². The second-order valence-corrected chi connectivity index (χ2v) is 4.78. The van der Waals surface area contributed by atoms with Gasteiger partial charge in [0, 0.05) is 13.5 Å². The van der Waals surface area contributed by atoms with E-state index in [1.165, 1.54) is 26.2 Å². The van der Waals surface area contributed by atoms with Crippen molar-refractivity contribution in [1.82, 2.24) is 10.6 Å². The molecule has 0 spiro atoms. The highest BCUT2D eigenvalue weighted by molar-refractivity contribution is 5.72. The molecular formula is C15H23FN2O3. The molecule has 1 aromatic rings. The predicted molar refractivity (Wildman–Crippen MR) is 78.7 cm³/mol. The van der Waals surface area contributed by atoms with Crippen LogP contribution < -0.4 is 15.4 Å². The van der Waals surface area contributed by atoms with E-state index in [9.17, 15) is 14.3 Å². The first kappa shape index (κ1) is 17.4. The van der Waals surface area contributed by atoms with E-state index in [-0.39, 0.29) is 11.7 Å². The van der Waals surface area contributed by atoms with Crippen LogP contribution in [0.3, 0.4) is 0 Å². The lowest BCUT2D eigenvalue weighted by Crippen LogP contribution is -2.26. The molecule has 6 heteroatoms. The van der Waals surface area contributed by atoms with E-state index < -0.39 is 11.9 Å². The van der Waals surface area contributed by atoms with E-state index in [0.717, 1.165) is 13.0 Å². The Balaban J connectivity index is 2.23. The molecule has 1 amide bonds. The van der Waals surface area contributed by atoms with Gasteiger partial charge in [0.05, 0.1) is 13.2 Å². The number of aliphatic hydroxyl groups is 1. The highest BCUT2D eigenvalue weighted by atomic mass is 19.1. The summed E-state index contributed by atoms with van der Waals surface area (Å²) < 4.78 is 18.4. The van der Waals surface area contributed by atoms with E-state index in [1.807, 2.05) is 0 Å². The molecule has 0 aliphatic rings. The fourth-order valence-electron chi connectivity index (χ4n) is 1.90. The van der Waals surface area contributed by atoms with Gasteiger partial charge in [-0.15, -0.1) is 0 Å². The third kappa shape index (κ3) is 6.55. The van der Waals surface area contributed by atoms with Crippen molar-refractivity contribution in [3.8, 4) is 5.75 Å². The number of ether oxygens (including phenoxy) is 1. The number of aliphatic hydroxyl groups excluding tert-OH is 1. The summed E-state index contributed by atoms with van der Waals surface area (Å²) in [5, 5.41) is 15.9. The third-order valence-corrected chi connectivity index (χ3v) is 3.06. The molecule has 21 heavy (non-hydrogen) atoms. The van der Waals surface area contributed by atoms with Crippen LogP contribution in [0.2, 0.25) is 0 Å². The number of benzene rings is 1. The maximum Gasteiger partial charge on any atom is 0.216 e. The summed E-state index contributed by atoms with van der Waals surface area (Å²) in [4.78, 5) is 10.6. The molecule has 3 N–H and O–H groups in total. The number of halogens is 1. The number of methoxy groups -OCH3 is 1. The van der Waals surface area contributed by atoms with Crippen molar-refractivity contribution in [3.63, 3.8) is 0 Å². The van der Waals surface area contributed by atoms with E-state index in [2.05, 4.69) is 10.6 Å². The first-order valence-electron chi connectivity index (χ1n) is 7.01. The summed E-state index contributed by atoms with van der Waals surface area (Å²) in [5.41, 5.74) is 0.536. The number of hydrogen-bond acceptors (Lipinski definition) is 4. The quantitative estimate of drug-likeness (QED) is 0.602. The lowest BCUT2D eigenvalue weighted by atomic mass is 10.1. The highest BCUT2D eigenvalue weighted by Crippen LogP contribution is 2.23. The van der Waals surface area contributed by atoms with Crippen LogP contribution >= 0.6 is 0 Å². The van der Waals surface area contributed by atoms with Gasteiger partial charge in [0.25, 0.3) is 0 Å². The van der Waals surface area contributed by atoms with Gasteiger partial charge in [0.2, 0.25) is 5.91 Å². The Kier molecular flexibility index (Phi) is 7.71. The first-order valence-corrected chi connectivity index (χ1v) is 7.01. The topological polar surface area (TPSA) is 70.6 Å². The molecule has 1 rings (SSSR count). The zero-order valence-electron chi connectivity index (χ0n) is 12.5. The van der Waals surface area contributed by atoms with Crippen LogP contribution in [-0.4, -0.2) is 37.8 Å². The van der Waals surface area contributed by atoms with Crippen LogP contribution in [0.5, 0.6) is 5.75 Å². The van der Waals surface area contributed by atoms with Gasteiger partial charge in [-0.1, -0.05) is 6.07 Å². The summed E-state index contributed by atoms with van der Waals surface area (Å²) in [7, 11) is 1.40. The molecule has 5 nitrogen and oxygen atoms in total. The predicted octanol–water partition coefficient (Wildman–Crippen LogP) is 1.37. The normalized spacial score (nSPS) is 12.0. The Labute approximate surface area is 124 Å². The molecule has 1 aromatic carbocycles.